The van der Waals surface area contributed by atoms with Crippen molar-refractivity contribution in [2.24, 2.45) is 16.9 Å². The molecule has 0 radical (unpaired) electrons. The number of aromatic nitrogens is 2. The number of benzene rings is 2. The number of nitrogens with one attached hydrogen (secondary N) is 6. The van der Waals surface area contributed by atoms with Crippen LogP contribution in [0.3, 0.4) is 0 Å². The average Bonchev–Trinajstić information content (AvgIpc) is 4.03. The number of carbonyl (C=O) groups excluding carboxylic acids is 11. The van der Waals surface area contributed by atoms with Gasteiger partial charge in [-0.05, 0) is 59.4 Å². The van der Waals surface area contributed by atoms with Crippen LogP contribution in [-0.4, -0.2) is 147 Å². The lowest BCUT2D eigenvalue weighted by Gasteiger charge is -2.41. The summed E-state index contributed by atoms with van der Waals surface area (Å²) in [5, 5.41) is 24.8. The van der Waals surface area contributed by atoms with E-state index in [1.165, 1.54) is 17.3 Å². The van der Waals surface area contributed by atoms with E-state index in [2.05, 4.69) is 36.9 Å². The van der Waals surface area contributed by atoms with E-state index in [4.69, 9.17) is 11.5 Å². The quantitative estimate of drug-likeness (QED) is 0.0241. The van der Waals surface area contributed by atoms with Gasteiger partial charge in [0.15, 0.2) is 0 Å². The molecule has 24 nitrogen and oxygen atoms in total. The third-order valence-corrected chi connectivity index (χ3v) is 12.1. The maximum atomic E-state index is 15.4. The van der Waals surface area contributed by atoms with Gasteiger partial charge in [0.1, 0.15) is 42.9 Å². The highest BCUT2D eigenvalue weighted by Crippen LogP contribution is 2.41. The van der Waals surface area contributed by atoms with E-state index in [9.17, 15) is 62.2 Å². The van der Waals surface area contributed by atoms with Crippen molar-refractivity contribution >= 4 is 65.0 Å². The summed E-state index contributed by atoms with van der Waals surface area (Å²) in [6, 6.07) is 10.4. The summed E-state index contributed by atoms with van der Waals surface area (Å²) in [6.07, 6.45) is 4.17. The zero-order valence-corrected chi connectivity index (χ0v) is 43.5. The molecule has 2 aromatic carbocycles. The van der Waals surface area contributed by atoms with Gasteiger partial charge < -0.3 is 57.9 Å². The topological polar surface area (TPSA) is 357 Å². The van der Waals surface area contributed by atoms with Crippen LogP contribution in [-0.2, 0) is 65.7 Å². The van der Waals surface area contributed by atoms with E-state index in [0.717, 1.165) is 35.9 Å². The fourth-order valence-corrected chi connectivity index (χ4v) is 8.47. The Morgan fingerprint density at radius 1 is 0.709 bits per heavy atom. The maximum Gasteiger partial charge on any atom is 0.254 e. The first kappa shape index (κ1) is 60.7. The Labute approximate surface area is 452 Å². The van der Waals surface area contributed by atoms with Gasteiger partial charge in [-0.1, -0.05) is 51.1 Å². The van der Waals surface area contributed by atoms with Crippen LogP contribution in [0, 0.1) is 17.0 Å². The van der Waals surface area contributed by atoms with Crippen LogP contribution in [0.15, 0.2) is 97.5 Å². The SMILES string of the molecule is CC(C)(C)C(c1cc(-c2cc(F)ccc2F)cn1Cc1ccccc1)N(CCC(NC(=O)C(CC(N)=O)NC(=O)[C@@H](CC(N)=O)NC(=O)CNC(=O)Cc1ccncc1)C(=O)NCCNC(=O)CN1C(=O)C=CC1=O)C(=O)CO. The molecule has 11 N–H and O–H groups in total. The Morgan fingerprint density at radius 3 is 1.92 bits per heavy atom. The van der Waals surface area contributed by atoms with Crippen molar-refractivity contribution in [3.63, 3.8) is 0 Å². The van der Waals surface area contributed by atoms with Gasteiger partial charge in [0.05, 0.1) is 31.8 Å². The largest absolute Gasteiger partial charge is 0.387 e. The third-order valence-electron chi connectivity index (χ3n) is 12.1. The van der Waals surface area contributed by atoms with Gasteiger partial charge in [-0.25, -0.2) is 8.78 Å². The first-order chi connectivity index (χ1) is 37.4. The first-order valence-corrected chi connectivity index (χ1v) is 24.7. The Balaban J connectivity index is 1.43. The van der Waals surface area contributed by atoms with E-state index in [1.807, 2.05) is 12.1 Å². The standard InChI is InChI=1S/C53H62F2N12O12/c1-53(2,3)49(40-22-33(35-23-34(54)9-10-36(35)55)28-65(40)27-32-7-5-4-6-8-32)66(48(76)30-68)20-15-37(50(77)60-19-18-59-45(73)29-67-46(74)11-12-47(67)75)63-52(79)39(25-42(57)70)64-51(78)38(24-41(56)69)62-44(72)26-61-43(71)21-31-13-16-58-17-14-31/h4-14,16-17,22-23,28,37-39,49,68H,15,18-21,24-27,29-30H2,1-3H3,(H2,56,69)(H2,57,70)(H,59,73)(H,60,77)(H,61,71)(H,62,72)(H,63,79)(H,64,78)/t37?,38-,39?,49?/m1/s1. The molecule has 26 heteroatoms. The maximum absolute atomic E-state index is 15.4. The molecule has 4 aromatic rings. The molecule has 0 aliphatic carbocycles. The van der Waals surface area contributed by atoms with Crippen LogP contribution < -0.4 is 43.4 Å². The Hall–Kier alpha value is -9.20. The molecule has 1 aliphatic rings. The summed E-state index contributed by atoms with van der Waals surface area (Å²) in [4.78, 5) is 149. The molecule has 0 saturated carbocycles. The lowest BCUT2D eigenvalue weighted by molar-refractivity contribution is -0.141. The van der Waals surface area contributed by atoms with Crippen molar-refractivity contribution in [1.82, 2.24) is 51.3 Å². The van der Waals surface area contributed by atoms with Gasteiger partial charge in [0, 0.05) is 73.7 Å². The first-order valence-electron chi connectivity index (χ1n) is 24.7. The van der Waals surface area contributed by atoms with Crippen molar-refractivity contribution in [3.05, 3.63) is 126 Å². The Kier molecular flexibility index (Phi) is 21.7. The molecule has 0 spiro atoms. The minimum Gasteiger partial charge on any atom is -0.387 e. The van der Waals surface area contributed by atoms with E-state index in [-0.39, 0.29) is 37.2 Å². The fourth-order valence-electron chi connectivity index (χ4n) is 8.47. The summed E-state index contributed by atoms with van der Waals surface area (Å²) in [5.74, 6) is -11.6. The van der Waals surface area contributed by atoms with Crippen LogP contribution in [0.4, 0.5) is 8.78 Å². The molecule has 3 heterocycles. The summed E-state index contributed by atoms with van der Waals surface area (Å²) in [5.41, 5.74) is 11.8. The highest BCUT2D eigenvalue weighted by molar-refractivity contribution is 6.14. The Morgan fingerprint density at radius 2 is 1.32 bits per heavy atom. The molecule has 0 saturated heterocycles. The molecule has 3 unspecified atom stereocenters. The van der Waals surface area contributed by atoms with E-state index in [1.54, 1.807) is 67.9 Å². The van der Waals surface area contributed by atoms with Gasteiger partial charge in [0.2, 0.25) is 53.2 Å². The number of nitrogens with zero attached hydrogens (tertiary/aromatic N) is 4. The summed E-state index contributed by atoms with van der Waals surface area (Å²) < 4.78 is 31.8. The second-order valence-electron chi connectivity index (χ2n) is 19.3. The predicted octanol–water partition coefficient (Wildman–Crippen LogP) is -1.10. The average molecular weight is 1100 g/mol. The smallest absolute Gasteiger partial charge is 0.254 e. The number of primary amides is 2. The summed E-state index contributed by atoms with van der Waals surface area (Å²) in [7, 11) is 0. The number of carbonyl (C=O) groups is 11. The van der Waals surface area contributed by atoms with E-state index in [0.29, 0.717) is 16.2 Å². The van der Waals surface area contributed by atoms with Crippen LogP contribution in [0.2, 0.25) is 0 Å². The molecule has 79 heavy (non-hydrogen) atoms. The summed E-state index contributed by atoms with van der Waals surface area (Å²) in [6.45, 7) is 2.11. The van der Waals surface area contributed by atoms with Gasteiger partial charge in [-0.3, -0.25) is 62.6 Å². The predicted molar refractivity (Wildman–Crippen MR) is 277 cm³/mol. The highest BCUT2D eigenvalue weighted by Gasteiger charge is 2.39. The van der Waals surface area contributed by atoms with Gasteiger partial charge in [-0.2, -0.15) is 0 Å². The number of hydrogen-bond donors (Lipinski definition) is 9. The fraction of sp³-hybridized carbons (Fsp3) is 0.358. The summed E-state index contributed by atoms with van der Waals surface area (Å²) >= 11 is 0. The zero-order chi connectivity index (χ0) is 58.0. The molecule has 4 atom stereocenters. The molecule has 2 aromatic heterocycles. The number of amides is 11. The number of aliphatic hydroxyl groups is 1. The van der Waals surface area contributed by atoms with Crippen LogP contribution in [0.25, 0.3) is 11.1 Å². The third kappa shape index (κ3) is 18.2. The lowest BCUT2D eigenvalue weighted by atomic mass is 9.82. The molecule has 5 rings (SSSR count). The van der Waals surface area contributed by atoms with E-state index < -0.39 is 152 Å². The molecule has 11 amide bonds. The van der Waals surface area contributed by atoms with Crippen molar-refractivity contribution in [2.45, 2.75) is 77.2 Å². The number of rotatable bonds is 28. The zero-order valence-electron chi connectivity index (χ0n) is 43.5. The molecular weight excluding hydrogens is 1030 g/mol. The lowest BCUT2D eigenvalue weighted by Crippen LogP contribution is -2.59. The molecule has 420 valence electrons. The molecule has 0 bridgehead atoms. The normalized spacial score (nSPS) is 13.6. The minimum atomic E-state index is -1.90. The number of pyridine rings is 1. The number of nitrogens with two attached hydrogens (primary N) is 2. The van der Waals surface area contributed by atoms with E-state index >= 15 is 4.39 Å². The molecule has 1 aliphatic heterocycles. The molecular formula is C53H62F2N12O12. The minimum absolute atomic E-state index is 0.0892. The van der Waals surface area contributed by atoms with Crippen molar-refractivity contribution in [3.8, 4) is 11.1 Å². The molecule has 0 fully saturated rings. The second kappa shape index (κ2) is 28.3. The van der Waals surface area contributed by atoms with Crippen LogP contribution >= 0.6 is 0 Å². The van der Waals surface area contributed by atoms with Crippen molar-refractivity contribution < 1.29 is 66.6 Å². The number of halogens is 2. The van der Waals surface area contributed by atoms with Crippen molar-refractivity contribution in [2.75, 3.05) is 39.3 Å². The number of imide groups is 1. The Bertz CT molecular complexity index is 2930. The van der Waals surface area contributed by atoms with Crippen LogP contribution in [0.5, 0.6) is 0 Å². The number of aliphatic hydroxyl groups excluding tert-OH is 1. The van der Waals surface area contributed by atoms with Gasteiger partial charge in [0.25, 0.3) is 11.8 Å². The van der Waals surface area contributed by atoms with Crippen LogP contribution in [0.1, 0.15) is 62.9 Å². The second-order valence-corrected chi connectivity index (χ2v) is 19.3. The van der Waals surface area contributed by atoms with Crippen molar-refractivity contribution in [1.29, 1.82) is 0 Å². The van der Waals surface area contributed by atoms with Gasteiger partial charge in [-0.15, -0.1) is 0 Å². The van der Waals surface area contributed by atoms with Gasteiger partial charge >= 0.3 is 0 Å². The monoisotopic (exact) mass is 1100 g/mol. The highest BCUT2D eigenvalue weighted by atomic mass is 19.1. The number of hydrogen-bond acceptors (Lipinski definition) is 13.